The van der Waals surface area contributed by atoms with Gasteiger partial charge in [-0.25, -0.2) is 0 Å². The molecule has 1 fully saturated rings. The molecule has 4 nitrogen and oxygen atoms in total. The van der Waals surface area contributed by atoms with Gasteiger partial charge in [0.25, 0.3) is 0 Å². The van der Waals surface area contributed by atoms with Gasteiger partial charge in [-0.2, -0.15) is 0 Å². The number of fused-ring (bicyclic) bond motifs is 1. The molecule has 0 spiro atoms. The molecule has 2 atom stereocenters. The number of nitrogens with zero attached hydrogens (tertiary/aromatic N) is 1. The van der Waals surface area contributed by atoms with Crippen LogP contribution in [0.25, 0.3) is 0 Å². The lowest BCUT2D eigenvalue weighted by molar-refractivity contribution is -0.126. The van der Waals surface area contributed by atoms with Crippen molar-refractivity contribution in [1.82, 2.24) is 15.5 Å². The Morgan fingerprint density at radius 2 is 1.79 bits per heavy atom. The number of likely N-dealkylation sites (N-methyl/N-ethyl adjacent to an activating group) is 1. The summed E-state index contributed by atoms with van der Waals surface area (Å²) in [5, 5.41) is 7.46. The molecule has 0 unspecified atom stereocenters. The number of likely N-dealkylation sites (tertiary alicyclic amines) is 1. The normalized spacial score (nSPS) is 22.4. The van der Waals surface area contributed by atoms with Crippen LogP contribution in [0.1, 0.15) is 30.0 Å². The summed E-state index contributed by atoms with van der Waals surface area (Å²) in [6.45, 7) is 4.28. The van der Waals surface area contributed by atoms with Gasteiger partial charge in [-0.05, 0) is 48.9 Å². The Bertz CT molecular complexity index is 815. The summed E-state index contributed by atoms with van der Waals surface area (Å²) in [7, 11) is 0. The largest absolute Gasteiger partial charge is 0.355 e. The van der Waals surface area contributed by atoms with Crippen LogP contribution in [0, 0.1) is 0 Å². The SMILES string of the molecule is CCNC(=O)[C@@H]1C[C@@H](NCc2ccccc2Cl)CN1C1Cc2ccccc2C1. The Kier molecular flexibility index (Phi) is 6.00. The van der Waals surface area contributed by atoms with Crippen molar-refractivity contribution in [1.29, 1.82) is 0 Å². The van der Waals surface area contributed by atoms with Crippen molar-refractivity contribution in [3.05, 3.63) is 70.2 Å². The molecule has 1 saturated heterocycles. The van der Waals surface area contributed by atoms with Crippen molar-refractivity contribution in [2.75, 3.05) is 13.1 Å². The van der Waals surface area contributed by atoms with Gasteiger partial charge in [-0.15, -0.1) is 0 Å². The molecular weight excluding hydrogens is 370 g/mol. The van der Waals surface area contributed by atoms with Crippen molar-refractivity contribution < 1.29 is 4.79 Å². The Balaban J connectivity index is 1.45. The molecule has 1 amide bonds. The molecule has 1 aliphatic heterocycles. The molecule has 2 aromatic carbocycles. The lowest BCUT2D eigenvalue weighted by atomic mass is 10.1. The van der Waals surface area contributed by atoms with Gasteiger partial charge in [0, 0.05) is 36.7 Å². The number of hydrogen-bond donors (Lipinski definition) is 2. The molecule has 0 aromatic heterocycles. The first-order valence-electron chi connectivity index (χ1n) is 10.2. The van der Waals surface area contributed by atoms with E-state index in [-0.39, 0.29) is 18.0 Å². The highest BCUT2D eigenvalue weighted by Gasteiger charge is 2.41. The zero-order chi connectivity index (χ0) is 19.5. The van der Waals surface area contributed by atoms with Gasteiger partial charge in [-0.3, -0.25) is 9.69 Å². The maximum atomic E-state index is 12.8. The van der Waals surface area contributed by atoms with Gasteiger partial charge in [0.05, 0.1) is 6.04 Å². The van der Waals surface area contributed by atoms with Crippen LogP contribution in [0.5, 0.6) is 0 Å². The van der Waals surface area contributed by atoms with Crippen LogP contribution in [0.4, 0.5) is 0 Å². The lowest BCUT2D eigenvalue weighted by Gasteiger charge is -2.29. The number of hydrogen-bond acceptors (Lipinski definition) is 3. The third-order valence-corrected chi connectivity index (χ3v) is 6.40. The minimum Gasteiger partial charge on any atom is -0.355 e. The molecule has 1 heterocycles. The third-order valence-electron chi connectivity index (χ3n) is 6.03. The van der Waals surface area contributed by atoms with Crippen molar-refractivity contribution in [2.24, 2.45) is 0 Å². The lowest BCUT2D eigenvalue weighted by Crippen LogP contribution is -2.48. The van der Waals surface area contributed by atoms with Gasteiger partial charge >= 0.3 is 0 Å². The predicted octanol–water partition coefficient (Wildman–Crippen LogP) is 3.18. The van der Waals surface area contributed by atoms with Crippen LogP contribution in [0.3, 0.4) is 0 Å². The van der Waals surface area contributed by atoms with Gasteiger partial charge in [-0.1, -0.05) is 54.1 Å². The molecule has 0 saturated carbocycles. The van der Waals surface area contributed by atoms with Gasteiger partial charge in [0.2, 0.25) is 5.91 Å². The average molecular weight is 398 g/mol. The Labute approximate surface area is 172 Å². The fourth-order valence-electron chi connectivity index (χ4n) is 4.63. The van der Waals surface area contributed by atoms with Crippen LogP contribution in [-0.2, 0) is 24.2 Å². The molecular formula is C23H28ClN3O. The van der Waals surface area contributed by atoms with Crippen LogP contribution in [-0.4, -0.2) is 42.0 Å². The zero-order valence-corrected chi connectivity index (χ0v) is 17.1. The number of nitrogens with one attached hydrogen (secondary N) is 2. The molecule has 2 aromatic rings. The summed E-state index contributed by atoms with van der Waals surface area (Å²) in [6, 6.07) is 17.2. The number of carbonyl (C=O) groups is 1. The van der Waals surface area contributed by atoms with Crippen LogP contribution in [0.2, 0.25) is 5.02 Å². The maximum Gasteiger partial charge on any atom is 0.237 e. The van der Waals surface area contributed by atoms with Gasteiger partial charge < -0.3 is 10.6 Å². The van der Waals surface area contributed by atoms with Gasteiger partial charge in [0.1, 0.15) is 0 Å². The first kappa shape index (κ1) is 19.4. The van der Waals surface area contributed by atoms with E-state index in [0.717, 1.165) is 42.9 Å². The van der Waals surface area contributed by atoms with Crippen LogP contribution >= 0.6 is 11.6 Å². The summed E-state index contributed by atoms with van der Waals surface area (Å²) in [5.74, 6) is 0.153. The number of halogens is 1. The Hall–Kier alpha value is -1.88. The molecule has 28 heavy (non-hydrogen) atoms. The summed E-state index contributed by atoms with van der Waals surface area (Å²) in [6.07, 6.45) is 2.90. The molecule has 1 aliphatic carbocycles. The highest BCUT2D eigenvalue weighted by Crippen LogP contribution is 2.31. The Morgan fingerprint density at radius 1 is 1.11 bits per heavy atom. The number of carbonyl (C=O) groups excluding carboxylic acids is 1. The van der Waals surface area contributed by atoms with Crippen molar-refractivity contribution in [3.8, 4) is 0 Å². The second-order valence-corrected chi connectivity index (χ2v) is 8.25. The zero-order valence-electron chi connectivity index (χ0n) is 16.3. The predicted molar refractivity (Wildman–Crippen MR) is 114 cm³/mol. The summed E-state index contributed by atoms with van der Waals surface area (Å²) in [5.41, 5.74) is 3.95. The standard InChI is InChI=1S/C23H28ClN3O/c1-2-25-23(28)22-13-19(26-14-18-9-5-6-10-21(18)24)15-27(22)20-11-16-7-3-4-8-17(16)12-20/h3-10,19-20,22,26H,2,11-15H2,1H3,(H,25,28)/t19-,22+/m1/s1. The highest BCUT2D eigenvalue weighted by atomic mass is 35.5. The average Bonchev–Trinajstić information content (AvgIpc) is 3.31. The molecule has 0 bridgehead atoms. The third kappa shape index (κ3) is 4.09. The fraction of sp³-hybridized carbons (Fsp3) is 0.435. The first-order chi connectivity index (χ1) is 13.7. The fourth-order valence-corrected chi connectivity index (χ4v) is 4.83. The van der Waals surface area contributed by atoms with E-state index in [4.69, 9.17) is 11.6 Å². The highest BCUT2D eigenvalue weighted by molar-refractivity contribution is 6.31. The summed E-state index contributed by atoms with van der Waals surface area (Å²) >= 11 is 6.30. The monoisotopic (exact) mass is 397 g/mol. The molecule has 2 N–H and O–H groups in total. The number of amides is 1. The van der Waals surface area contributed by atoms with E-state index in [1.54, 1.807) is 0 Å². The van der Waals surface area contributed by atoms with E-state index in [9.17, 15) is 4.79 Å². The smallest absolute Gasteiger partial charge is 0.237 e. The van der Waals surface area contributed by atoms with Crippen LogP contribution in [0.15, 0.2) is 48.5 Å². The number of benzene rings is 2. The Morgan fingerprint density at radius 3 is 2.46 bits per heavy atom. The molecule has 0 radical (unpaired) electrons. The summed E-state index contributed by atoms with van der Waals surface area (Å²) in [4.78, 5) is 15.2. The second kappa shape index (κ2) is 8.64. The van der Waals surface area contributed by atoms with E-state index in [0.29, 0.717) is 12.6 Å². The van der Waals surface area contributed by atoms with Crippen LogP contribution < -0.4 is 10.6 Å². The summed E-state index contributed by atoms with van der Waals surface area (Å²) < 4.78 is 0. The van der Waals surface area contributed by atoms with Crippen molar-refractivity contribution >= 4 is 17.5 Å². The minimum absolute atomic E-state index is 0.0667. The molecule has 5 heteroatoms. The quantitative estimate of drug-likeness (QED) is 0.786. The number of rotatable bonds is 6. The molecule has 148 valence electrons. The molecule has 2 aliphatic rings. The van der Waals surface area contributed by atoms with Crippen molar-refractivity contribution in [2.45, 2.75) is 50.9 Å². The topological polar surface area (TPSA) is 44.4 Å². The van der Waals surface area contributed by atoms with E-state index >= 15 is 0 Å². The minimum atomic E-state index is -0.0667. The van der Waals surface area contributed by atoms with E-state index < -0.39 is 0 Å². The van der Waals surface area contributed by atoms with E-state index in [1.807, 2.05) is 25.1 Å². The molecule has 4 rings (SSSR count). The van der Waals surface area contributed by atoms with E-state index in [2.05, 4.69) is 45.9 Å². The van der Waals surface area contributed by atoms with E-state index in [1.165, 1.54) is 11.1 Å². The maximum absolute atomic E-state index is 12.8. The van der Waals surface area contributed by atoms with Gasteiger partial charge in [0.15, 0.2) is 0 Å². The first-order valence-corrected chi connectivity index (χ1v) is 10.6. The second-order valence-electron chi connectivity index (χ2n) is 7.84. The van der Waals surface area contributed by atoms with Crippen molar-refractivity contribution in [3.63, 3.8) is 0 Å².